The first-order valence-corrected chi connectivity index (χ1v) is 5.76. The summed E-state index contributed by atoms with van der Waals surface area (Å²) < 4.78 is 1.08. The van der Waals surface area contributed by atoms with Gasteiger partial charge >= 0.3 is 0 Å². The highest BCUT2D eigenvalue weighted by Crippen LogP contribution is 2.21. The Labute approximate surface area is 102 Å². The second-order valence-electron chi connectivity index (χ2n) is 3.28. The van der Waals surface area contributed by atoms with Crippen LogP contribution in [-0.4, -0.2) is 15.1 Å². The second kappa shape index (κ2) is 4.76. The quantitative estimate of drug-likeness (QED) is 0.854. The van der Waals surface area contributed by atoms with E-state index in [0.717, 1.165) is 15.0 Å². The van der Waals surface area contributed by atoms with E-state index in [2.05, 4.69) is 32.6 Å². The molecule has 0 bridgehead atoms. The Hall–Kier alpha value is -0.880. The molecule has 0 fully saturated rings. The van der Waals surface area contributed by atoms with Crippen LogP contribution in [0.4, 0.5) is 0 Å². The van der Waals surface area contributed by atoms with Gasteiger partial charge in [-0.2, -0.15) is 0 Å². The van der Waals surface area contributed by atoms with E-state index in [1.54, 1.807) is 12.4 Å². The molecular weight excluding hydrogens is 303 g/mol. The summed E-state index contributed by atoms with van der Waals surface area (Å²) in [7, 11) is 0. The lowest BCUT2D eigenvalue weighted by atomic mass is 10.1. The highest BCUT2D eigenvalue weighted by Gasteiger charge is 2.12. The van der Waals surface area contributed by atoms with Crippen LogP contribution in [-0.2, 0) is 6.42 Å². The summed E-state index contributed by atoms with van der Waals surface area (Å²) in [5.41, 5.74) is 0.953. The first kappa shape index (κ1) is 10.6. The minimum absolute atomic E-state index is 0.496. The van der Waals surface area contributed by atoms with Crippen LogP contribution in [0, 0.1) is 3.57 Å². The Kier molecular flexibility index (Phi) is 3.37. The number of H-pyrrole nitrogens is 1. The fourth-order valence-electron chi connectivity index (χ4n) is 1.45. The number of hydrogen-bond donors (Lipinski definition) is 2. The molecule has 0 saturated heterocycles. The Morgan fingerprint density at radius 1 is 1.40 bits per heavy atom. The monoisotopic (exact) mass is 314 g/mol. The molecule has 4 heteroatoms. The lowest BCUT2D eigenvalue weighted by Crippen LogP contribution is -2.04. The normalized spacial score (nSPS) is 12.7. The maximum absolute atomic E-state index is 10.0. The molecule has 2 aromatic rings. The fraction of sp³-hybridized carbons (Fsp3) is 0.182. The van der Waals surface area contributed by atoms with Crippen LogP contribution in [0.5, 0.6) is 0 Å². The molecule has 0 aliphatic rings. The number of halogens is 1. The molecule has 0 radical (unpaired) electrons. The first-order valence-electron chi connectivity index (χ1n) is 4.68. The van der Waals surface area contributed by atoms with Crippen LogP contribution in [0.2, 0.25) is 0 Å². The summed E-state index contributed by atoms with van der Waals surface area (Å²) in [6.45, 7) is 0. The highest BCUT2D eigenvalue weighted by molar-refractivity contribution is 14.1. The number of hydrogen-bond acceptors (Lipinski definition) is 2. The van der Waals surface area contributed by atoms with E-state index in [-0.39, 0.29) is 0 Å². The van der Waals surface area contributed by atoms with Crippen LogP contribution in [0.3, 0.4) is 0 Å². The molecule has 1 unspecified atom stereocenters. The lowest BCUT2D eigenvalue weighted by molar-refractivity contribution is 0.175. The number of aliphatic hydroxyl groups excluding tert-OH is 1. The van der Waals surface area contributed by atoms with Gasteiger partial charge in [-0.3, -0.25) is 0 Å². The summed E-state index contributed by atoms with van der Waals surface area (Å²) in [5.74, 6) is 0.808. The zero-order valence-electron chi connectivity index (χ0n) is 8.02. The summed E-state index contributed by atoms with van der Waals surface area (Å²) in [4.78, 5) is 7.08. The molecule has 1 atom stereocenters. The molecule has 0 aliphatic carbocycles. The number of aromatic nitrogens is 2. The number of benzene rings is 1. The third-order valence-electron chi connectivity index (χ3n) is 2.21. The topological polar surface area (TPSA) is 48.9 Å². The van der Waals surface area contributed by atoms with Gasteiger partial charge in [0.05, 0.1) is 6.10 Å². The second-order valence-corrected chi connectivity index (χ2v) is 4.44. The molecule has 78 valence electrons. The van der Waals surface area contributed by atoms with Crippen molar-refractivity contribution in [2.45, 2.75) is 12.5 Å². The predicted octanol–water partition coefficient (Wildman–Crippen LogP) is 2.29. The van der Waals surface area contributed by atoms with Gasteiger partial charge in [0.1, 0.15) is 5.82 Å². The van der Waals surface area contributed by atoms with Crippen molar-refractivity contribution in [3.05, 3.63) is 51.6 Å². The molecule has 15 heavy (non-hydrogen) atoms. The zero-order valence-corrected chi connectivity index (χ0v) is 10.2. The largest absolute Gasteiger partial charge is 0.388 e. The number of nitrogens with zero attached hydrogens (tertiary/aromatic N) is 1. The molecule has 3 nitrogen and oxygen atoms in total. The molecule has 0 aliphatic heterocycles. The van der Waals surface area contributed by atoms with Crippen molar-refractivity contribution in [3.63, 3.8) is 0 Å². The third kappa shape index (κ3) is 2.57. The number of aliphatic hydroxyl groups is 1. The van der Waals surface area contributed by atoms with Gasteiger partial charge in [-0.05, 0) is 34.2 Å². The van der Waals surface area contributed by atoms with Gasteiger partial charge in [-0.1, -0.05) is 18.2 Å². The van der Waals surface area contributed by atoms with E-state index in [9.17, 15) is 5.11 Å². The van der Waals surface area contributed by atoms with Gasteiger partial charge in [0, 0.05) is 22.4 Å². The lowest BCUT2D eigenvalue weighted by Gasteiger charge is -2.10. The van der Waals surface area contributed by atoms with Crippen molar-refractivity contribution in [2.24, 2.45) is 0 Å². The molecule has 1 heterocycles. The van der Waals surface area contributed by atoms with Gasteiger partial charge in [0.25, 0.3) is 0 Å². The first-order chi connectivity index (χ1) is 7.27. The predicted molar refractivity (Wildman–Crippen MR) is 66.4 cm³/mol. The van der Waals surface area contributed by atoms with Gasteiger partial charge in [-0.15, -0.1) is 0 Å². The van der Waals surface area contributed by atoms with Gasteiger partial charge < -0.3 is 10.1 Å². The van der Waals surface area contributed by atoms with Crippen LogP contribution in [0.15, 0.2) is 36.7 Å². The van der Waals surface area contributed by atoms with E-state index >= 15 is 0 Å². The Bertz CT molecular complexity index is 428. The van der Waals surface area contributed by atoms with Crippen molar-refractivity contribution in [1.29, 1.82) is 0 Å². The van der Waals surface area contributed by atoms with E-state index in [1.165, 1.54) is 0 Å². The van der Waals surface area contributed by atoms with Gasteiger partial charge in [0.15, 0.2) is 0 Å². The highest BCUT2D eigenvalue weighted by atomic mass is 127. The molecule has 0 amide bonds. The summed E-state index contributed by atoms with van der Waals surface area (Å²) in [6, 6.07) is 7.82. The van der Waals surface area contributed by atoms with Gasteiger partial charge in [-0.25, -0.2) is 4.98 Å². The number of nitrogens with one attached hydrogen (secondary N) is 1. The van der Waals surface area contributed by atoms with Crippen molar-refractivity contribution >= 4 is 22.6 Å². The molecular formula is C11H11IN2O. The maximum atomic E-state index is 10.0. The molecule has 1 aromatic carbocycles. The summed E-state index contributed by atoms with van der Waals surface area (Å²) in [6.07, 6.45) is 3.48. The summed E-state index contributed by atoms with van der Waals surface area (Å²) in [5, 5.41) is 10.0. The smallest absolute Gasteiger partial charge is 0.108 e. The van der Waals surface area contributed by atoms with Crippen LogP contribution < -0.4 is 0 Å². The third-order valence-corrected chi connectivity index (χ3v) is 3.19. The van der Waals surface area contributed by atoms with Crippen LogP contribution in [0.25, 0.3) is 0 Å². The zero-order chi connectivity index (χ0) is 10.7. The van der Waals surface area contributed by atoms with E-state index in [4.69, 9.17) is 0 Å². The number of imidazole rings is 1. The van der Waals surface area contributed by atoms with Crippen molar-refractivity contribution < 1.29 is 5.11 Å². The van der Waals surface area contributed by atoms with E-state index in [1.807, 2.05) is 24.3 Å². The van der Waals surface area contributed by atoms with Crippen molar-refractivity contribution in [2.75, 3.05) is 0 Å². The van der Waals surface area contributed by atoms with Gasteiger partial charge in [0.2, 0.25) is 0 Å². The minimum atomic E-state index is -0.496. The van der Waals surface area contributed by atoms with E-state index < -0.39 is 6.10 Å². The van der Waals surface area contributed by atoms with Crippen molar-refractivity contribution in [1.82, 2.24) is 9.97 Å². The molecule has 2 rings (SSSR count). The van der Waals surface area contributed by atoms with Crippen LogP contribution >= 0.6 is 22.6 Å². The minimum Gasteiger partial charge on any atom is -0.388 e. The average Bonchev–Trinajstić information content (AvgIpc) is 2.71. The number of aromatic amines is 1. The maximum Gasteiger partial charge on any atom is 0.108 e. The summed E-state index contributed by atoms with van der Waals surface area (Å²) >= 11 is 2.23. The Balaban J connectivity index is 2.15. The molecule has 0 spiro atoms. The van der Waals surface area contributed by atoms with E-state index in [0.29, 0.717) is 6.42 Å². The Morgan fingerprint density at radius 2 is 2.20 bits per heavy atom. The van der Waals surface area contributed by atoms with Crippen LogP contribution in [0.1, 0.15) is 17.5 Å². The standard InChI is InChI=1S/C11H11IN2O/c12-9-4-2-1-3-8(9)10(15)7-11-13-5-6-14-11/h1-6,10,15H,7H2,(H,13,14). The fourth-order valence-corrected chi connectivity index (χ4v) is 2.19. The van der Waals surface area contributed by atoms with Crippen molar-refractivity contribution in [3.8, 4) is 0 Å². The average molecular weight is 314 g/mol. The SMILES string of the molecule is OC(Cc1ncc[nH]1)c1ccccc1I. The Morgan fingerprint density at radius 3 is 2.87 bits per heavy atom. The molecule has 2 N–H and O–H groups in total. The number of rotatable bonds is 3. The molecule has 0 saturated carbocycles. The molecule has 1 aromatic heterocycles.